The molecule has 72 valence electrons. The van der Waals surface area contributed by atoms with Gasteiger partial charge in [-0.05, 0) is 0 Å². The van der Waals surface area contributed by atoms with Crippen LogP contribution in [0, 0.1) is 0 Å². The van der Waals surface area contributed by atoms with Crippen LogP contribution < -0.4 is 0 Å². The van der Waals surface area contributed by atoms with Crippen molar-refractivity contribution >= 4 is 10.8 Å². The smallest absolute Gasteiger partial charge is 0.112 e. The van der Waals surface area contributed by atoms with E-state index in [9.17, 15) is 4.21 Å². The maximum absolute atomic E-state index is 11.0. The summed E-state index contributed by atoms with van der Waals surface area (Å²) in [7, 11) is 0.687. The van der Waals surface area contributed by atoms with Gasteiger partial charge in [-0.3, -0.25) is 14.2 Å². The number of aromatic nitrogens is 2. The summed E-state index contributed by atoms with van der Waals surface area (Å²) < 4.78 is 16.1. The summed E-state index contributed by atoms with van der Waals surface area (Å²) in [6.45, 7) is 0. The molecule has 13 heavy (non-hydrogen) atoms. The van der Waals surface area contributed by atoms with Crippen molar-refractivity contribution in [2.45, 2.75) is 6.10 Å². The lowest BCUT2D eigenvalue weighted by Crippen LogP contribution is -2.12. The highest BCUT2D eigenvalue weighted by Gasteiger charge is 2.13. The molecule has 0 aliphatic carbocycles. The van der Waals surface area contributed by atoms with Gasteiger partial charge in [0.05, 0.1) is 17.6 Å². The number of hydrogen-bond acceptors (Lipinski definition) is 4. The van der Waals surface area contributed by atoms with Gasteiger partial charge in [0.1, 0.15) is 6.10 Å². The number of methoxy groups -OCH3 is 1. The Hall–Kier alpha value is -0.810. The summed E-state index contributed by atoms with van der Waals surface area (Å²) in [4.78, 5) is 8.00. The lowest BCUT2D eigenvalue weighted by atomic mass is 10.3. The van der Waals surface area contributed by atoms with Crippen LogP contribution in [0.1, 0.15) is 11.8 Å². The topological polar surface area (TPSA) is 52.1 Å². The molecule has 0 aliphatic rings. The zero-order valence-corrected chi connectivity index (χ0v) is 8.45. The highest BCUT2D eigenvalue weighted by Crippen LogP contribution is 2.12. The number of ether oxygens (including phenoxy) is 1. The fourth-order valence-electron chi connectivity index (χ4n) is 0.964. The van der Waals surface area contributed by atoms with Gasteiger partial charge in [0, 0.05) is 36.6 Å². The largest absolute Gasteiger partial charge is 0.374 e. The number of nitrogens with zero attached hydrogens (tertiary/aromatic N) is 2. The van der Waals surface area contributed by atoms with Crippen LogP contribution >= 0.6 is 0 Å². The molecule has 0 saturated carbocycles. The second-order valence-electron chi connectivity index (χ2n) is 2.59. The highest BCUT2D eigenvalue weighted by molar-refractivity contribution is 7.84. The Balaban J connectivity index is 2.73. The van der Waals surface area contributed by atoms with Crippen molar-refractivity contribution in [1.29, 1.82) is 0 Å². The van der Waals surface area contributed by atoms with Gasteiger partial charge >= 0.3 is 0 Å². The van der Waals surface area contributed by atoms with Crippen molar-refractivity contribution < 1.29 is 8.95 Å². The summed E-state index contributed by atoms with van der Waals surface area (Å²) in [6.07, 6.45) is 6.24. The molecular formula is C8H12N2O2S. The van der Waals surface area contributed by atoms with Crippen molar-refractivity contribution in [3.05, 3.63) is 24.3 Å². The lowest BCUT2D eigenvalue weighted by Gasteiger charge is -2.11. The fourth-order valence-corrected chi connectivity index (χ4v) is 1.70. The van der Waals surface area contributed by atoms with Gasteiger partial charge in [0.2, 0.25) is 0 Å². The molecule has 0 spiro atoms. The van der Waals surface area contributed by atoms with Crippen molar-refractivity contribution in [3.8, 4) is 0 Å². The second kappa shape index (κ2) is 5.04. The molecule has 0 bridgehead atoms. The molecule has 0 N–H and O–H groups in total. The van der Waals surface area contributed by atoms with E-state index in [1.54, 1.807) is 32.0 Å². The molecule has 0 radical (unpaired) electrons. The number of hydrogen-bond donors (Lipinski definition) is 0. The molecule has 0 aromatic carbocycles. The van der Waals surface area contributed by atoms with Gasteiger partial charge in [-0.1, -0.05) is 0 Å². The van der Waals surface area contributed by atoms with Crippen LogP contribution in [-0.4, -0.2) is 33.3 Å². The van der Waals surface area contributed by atoms with Crippen LogP contribution in [0.4, 0.5) is 0 Å². The maximum Gasteiger partial charge on any atom is 0.112 e. The van der Waals surface area contributed by atoms with E-state index in [-0.39, 0.29) is 6.10 Å². The van der Waals surface area contributed by atoms with E-state index in [1.807, 2.05) is 0 Å². The van der Waals surface area contributed by atoms with Crippen LogP contribution in [0.3, 0.4) is 0 Å². The van der Waals surface area contributed by atoms with Crippen LogP contribution in [0.5, 0.6) is 0 Å². The zero-order chi connectivity index (χ0) is 9.68. The predicted molar refractivity (Wildman–Crippen MR) is 50.7 cm³/mol. The maximum atomic E-state index is 11.0. The van der Waals surface area contributed by atoms with E-state index in [0.29, 0.717) is 5.75 Å². The molecule has 4 nitrogen and oxygen atoms in total. The van der Waals surface area contributed by atoms with E-state index in [2.05, 4.69) is 9.97 Å². The molecule has 0 fully saturated rings. The summed E-state index contributed by atoms with van der Waals surface area (Å²) in [5, 5.41) is 0. The van der Waals surface area contributed by atoms with E-state index >= 15 is 0 Å². The third kappa shape index (κ3) is 3.20. The van der Waals surface area contributed by atoms with Gasteiger partial charge in [-0.15, -0.1) is 0 Å². The second-order valence-corrected chi connectivity index (χ2v) is 4.07. The molecule has 1 heterocycles. The summed E-state index contributed by atoms with van der Waals surface area (Å²) in [6, 6.07) is 0. The van der Waals surface area contributed by atoms with Crippen LogP contribution in [0.2, 0.25) is 0 Å². The first kappa shape index (κ1) is 10.3. The normalized spacial score (nSPS) is 15.2. The quantitative estimate of drug-likeness (QED) is 0.712. The Morgan fingerprint density at radius 1 is 1.62 bits per heavy atom. The predicted octanol–water partition coefficient (Wildman–Crippen LogP) is 0.543. The van der Waals surface area contributed by atoms with E-state index in [0.717, 1.165) is 5.69 Å². The minimum Gasteiger partial charge on any atom is -0.374 e. The first-order valence-corrected chi connectivity index (χ1v) is 5.55. The summed E-state index contributed by atoms with van der Waals surface area (Å²) in [5.41, 5.74) is 0.722. The zero-order valence-electron chi connectivity index (χ0n) is 7.64. The summed E-state index contributed by atoms with van der Waals surface area (Å²) in [5.74, 6) is 0.454. The first-order valence-electron chi connectivity index (χ1n) is 3.82. The van der Waals surface area contributed by atoms with Crippen LogP contribution in [-0.2, 0) is 15.5 Å². The highest BCUT2D eigenvalue weighted by atomic mass is 32.2. The average molecular weight is 200 g/mol. The molecule has 1 rings (SSSR count). The molecule has 2 atom stereocenters. The van der Waals surface area contributed by atoms with Gasteiger partial charge in [-0.25, -0.2) is 0 Å². The molecule has 1 aromatic heterocycles. The molecule has 0 unspecified atom stereocenters. The van der Waals surface area contributed by atoms with Crippen molar-refractivity contribution in [1.82, 2.24) is 9.97 Å². The Labute approximate surface area is 79.8 Å². The molecular weight excluding hydrogens is 188 g/mol. The standard InChI is InChI=1S/C8H12N2O2S/c1-12-8(6-13(2)11)7-5-9-3-4-10-7/h3-5,8H,6H2,1-2H3/t8-,13-/m0/s1. The Morgan fingerprint density at radius 3 is 2.85 bits per heavy atom. The van der Waals surface area contributed by atoms with Crippen molar-refractivity contribution in [3.63, 3.8) is 0 Å². The van der Waals surface area contributed by atoms with E-state index in [1.165, 1.54) is 0 Å². The minimum atomic E-state index is -0.889. The SMILES string of the molecule is CO[C@@H](C[S@](C)=O)c1cnccn1. The van der Waals surface area contributed by atoms with Crippen molar-refractivity contribution in [2.75, 3.05) is 19.1 Å². The minimum absolute atomic E-state index is 0.223. The summed E-state index contributed by atoms with van der Waals surface area (Å²) >= 11 is 0. The molecule has 0 saturated heterocycles. The Bertz CT molecular complexity index is 279. The fraction of sp³-hybridized carbons (Fsp3) is 0.500. The van der Waals surface area contributed by atoms with Crippen molar-refractivity contribution in [2.24, 2.45) is 0 Å². The van der Waals surface area contributed by atoms with Gasteiger partial charge in [-0.2, -0.15) is 0 Å². The van der Waals surface area contributed by atoms with Gasteiger partial charge < -0.3 is 4.74 Å². The van der Waals surface area contributed by atoms with Crippen LogP contribution in [0.25, 0.3) is 0 Å². The Kier molecular flexibility index (Phi) is 3.98. The average Bonchev–Trinajstić information content (AvgIpc) is 2.15. The van der Waals surface area contributed by atoms with Gasteiger partial charge in [0.15, 0.2) is 0 Å². The van der Waals surface area contributed by atoms with E-state index < -0.39 is 10.8 Å². The molecule has 1 aromatic rings. The Morgan fingerprint density at radius 2 is 2.38 bits per heavy atom. The van der Waals surface area contributed by atoms with Gasteiger partial charge in [0.25, 0.3) is 0 Å². The third-order valence-corrected chi connectivity index (χ3v) is 2.36. The third-order valence-electron chi connectivity index (χ3n) is 1.58. The molecule has 5 heteroatoms. The molecule has 0 aliphatic heterocycles. The molecule has 0 amide bonds. The first-order chi connectivity index (χ1) is 6.24. The van der Waals surface area contributed by atoms with Crippen LogP contribution in [0.15, 0.2) is 18.6 Å². The number of rotatable bonds is 4. The monoisotopic (exact) mass is 200 g/mol. The lowest BCUT2D eigenvalue weighted by molar-refractivity contribution is 0.119. The van der Waals surface area contributed by atoms with E-state index in [4.69, 9.17) is 4.74 Å².